The van der Waals surface area contributed by atoms with E-state index in [1.165, 1.54) is 0 Å². The summed E-state index contributed by atoms with van der Waals surface area (Å²) >= 11 is 0. The van der Waals surface area contributed by atoms with Gasteiger partial charge in [0.05, 0.1) is 6.07 Å². The Labute approximate surface area is 121 Å². The molecule has 0 unspecified atom stereocenters. The second-order valence-electron chi connectivity index (χ2n) is 5.88. The molecule has 1 N–H and O–H groups in total. The molecular formula is C17H22N2O. The smallest absolute Gasteiger partial charge is 0.244 e. The molecule has 1 aliphatic carbocycles. The van der Waals surface area contributed by atoms with Gasteiger partial charge in [-0.2, -0.15) is 5.26 Å². The van der Waals surface area contributed by atoms with Gasteiger partial charge in [-0.05, 0) is 43.9 Å². The van der Waals surface area contributed by atoms with Gasteiger partial charge in [-0.25, -0.2) is 0 Å². The fourth-order valence-electron chi connectivity index (χ4n) is 2.83. The Morgan fingerprint density at radius 1 is 1.20 bits per heavy atom. The highest BCUT2D eigenvalue weighted by Gasteiger charge is 2.38. The van der Waals surface area contributed by atoms with Crippen LogP contribution < -0.4 is 5.32 Å². The molecule has 3 heteroatoms. The number of nitrogens with zero attached hydrogens (tertiary/aromatic N) is 1. The summed E-state index contributed by atoms with van der Waals surface area (Å²) in [6.07, 6.45) is 5.54. The van der Waals surface area contributed by atoms with Crippen molar-refractivity contribution in [3.8, 4) is 6.07 Å². The number of benzene rings is 1. The van der Waals surface area contributed by atoms with Gasteiger partial charge in [0, 0.05) is 5.69 Å². The van der Waals surface area contributed by atoms with Crippen LogP contribution in [0.5, 0.6) is 0 Å². The molecule has 106 valence electrons. The lowest BCUT2D eigenvalue weighted by molar-refractivity contribution is -0.123. The third-order valence-electron chi connectivity index (χ3n) is 4.25. The Kier molecular flexibility index (Phi) is 4.44. The summed E-state index contributed by atoms with van der Waals surface area (Å²) in [4.78, 5) is 12.6. The van der Waals surface area contributed by atoms with Gasteiger partial charge in [-0.15, -0.1) is 0 Å². The van der Waals surface area contributed by atoms with Crippen LogP contribution in [-0.4, -0.2) is 5.91 Å². The highest BCUT2D eigenvalue weighted by Crippen LogP contribution is 2.36. The molecule has 1 aromatic rings. The summed E-state index contributed by atoms with van der Waals surface area (Å²) in [7, 11) is 0. The first-order valence-corrected chi connectivity index (χ1v) is 7.37. The van der Waals surface area contributed by atoms with Crippen LogP contribution in [0, 0.1) is 30.6 Å². The predicted molar refractivity (Wildman–Crippen MR) is 80.3 cm³/mol. The topological polar surface area (TPSA) is 52.9 Å². The molecule has 0 heterocycles. The van der Waals surface area contributed by atoms with Crippen molar-refractivity contribution in [1.82, 2.24) is 0 Å². The van der Waals surface area contributed by atoms with Crippen LogP contribution in [0.4, 0.5) is 5.69 Å². The summed E-state index contributed by atoms with van der Waals surface area (Å²) in [6.45, 7) is 3.97. The van der Waals surface area contributed by atoms with Crippen LogP contribution in [0.3, 0.4) is 0 Å². The number of hydrogen-bond donors (Lipinski definition) is 1. The Hall–Kier alpha value is -1.82. The molecule has 0 saturated heterocycles. The minimum atomic E-state index is -0.841. The highest BCUT2D eigenvalue weighted by molar-refractivity contribution is 5.97. The SMILES string of the molecule is Cc1ccc(C)c(NC(=O)C2(C#N)CCCCCC2)c1. The summed E-state index contributed by atoms with van der Waals surface area (Å²) in [6, 6.07) is 8.29. The number of nitrogens with one attached hydrogen (secondary N) is 1. The molecule has 1 aliphatic rings. The molecule has 1 fully saturated rings. The predicted octanol–water partition coefficient (Wildman–Crippen LogP) is 4.11. The van der Waals surface area contributed by atoms with Gasteiger partial charge in [-0.1, -0.05) is 37.8 Å². The summed E-state index contributed by atoms with van der Waals surface area (Å²) in [5.74, 6) is -0.129. The molecule has 1 aromatic carbocycles. The Balaban J connectivity index is 2.21. The molecule has 1 saturated carbocycles. The molecule has 0 atom stereocenters. The number of nitriles is 1. The van der Waals surface area contributed by atoms with E-state index in [-0.39, 0.29) is 5.91 Å². The monoisotopic (exact) mass is 270 g/mol. The average Bonchev–Trinajstić information content (AvgIpc) is 2.69. The van der Waals surface area contributed by atoms with Crippen LogP contribution in [0.25, 0.3) is 0 Å². The lowest BCUT2D eigenvalue weighted by Crippen LogP contribution is -2.34. The van der Waals surface area contributed by atoms with Crippen molar-refractivity contribution < 1.29 is 4.79 Å². The van der Waals surface area contributed by atoms with Crippen molar-refractivity contribution in [2.45, 2.75) is 52.4 Å². The molecule has 0 radical (unpaired) electrons. The molecule has 1 amide bonds. The van der Waals surface area contributed by atoms with Crippen molar-refractivity contribution in [3.05, 3.63) is 29.3 Å². The third kappa shape index (κ3) is 3.01. The van der Waals surface area contributed by atoms with E-state index < -0.39 is 5.41 Å². The normalized spacial score (nSPS) is 17.9. The number of hydrogen-bond acceptors (Lipinski definition) is 2. The van der Waals surface area contributed by atoms with Crippen LogP contribution in [0.15, 0.2) is 18.2 Å². The van der Waals surface area contributed by atoms with Crippen LogP contribution in [0.2, 0.25) is 0 Å². The maximum absolute atomic E-state index is 12.6. The largest absolute Gasteiger partial charge is 0.324 e. The number of anilines is 1. The molecule has 0 spiro atoms. The molecule has 0 aliphatic heterocycles. The van der Waals surface area contributed by atoms with Crippen LogP contribution in [0.1, 0.15) is 49.7 Å². The number of carbonyl (C=O) groups excluding carboxylic acids is 1. The van der Waals surface area contributed by atoms with Crippen molar-refractivity contribution in [1.29, 1.82) is 5.26 Å². The van der Waals surface area contributed by atoms with Gasteiger partial charge in [0.1, 0.15) is 5.41 Å². The van der Waals surface area contributed by atoms with Crippen molar-refractivity contribution in [3.63, 3.8) is 0 Å². The van der Waals surface area contributed by atoms with Crippen molar-refractivity contribution >= 4 is 11.6 Å². The second kappa shape index (κ2) is 6.09. The number of carbonyl (C=O) groups is 1. The fourth-order valence-corrected chi connectivity index (χ4v) is 2.83. The molecule has 0 bridgehead atoms. The maximum Gasteiger partial charge on any atom is 0.244 e. The standard InChI is InChI=1S/C17H22N2O/c1-13-7-8-14(2)15(11-13)19-16(20)17(12-18)9-5-3-4-6-10-17/h7-8,11H,3-6,9-10H2,1-2H3,(H,19,20). The maximum atomic E-state index is 12.6. The Morgan fingerprint density at radius 2 is 1.85 bits per heavy atom. The van der Waals surface area contributed by atoms with Crippen molar-refractivity contribution in [2.24, 2.45) is 5.41 Å². The van der Waals surface area contributed by atoms with Gasteiger partial charge in [0.2, 0.25) is 5.91 Å². The van der Waals surface area contributed by atoms with E-state index in [9.17, 15) is 10.1 Å². The zero-order valence-corrected chi connectivity index (χ0v) is 12.3. The van der Waals surface area contributed by atoms with E-state index in [1.54, 1.807) is 0 Å². The van der Waals surface area contributed by atoms with Crippen LogP contribution in [-0.2, 0) is 4.79 Å². The Morgan fingerprint density at radius 3 is 2.45 bits per heavy atom. The van der Waals surface area contributed by atoms with Gasteiger partial charge < -0.3 is 5.32 Å². The zero-order chi connectivity index (χ0) is 14.6. The number of amides is 1. The minimum Gasteiger partial charge on any atom is -0.324 e. The third-order valence-corrected chi connectivity index (χ3v) is 4.25. The van der Waals surface area contributed by atoms with Gasteiger partial charge in [0.25, 0.3) is 0 Å². The quantitative estimate of drug-likeness (QED) is 0.822. The summed E-state index contributed by atoms with van der Waals surface area (Å²) in [5, 5.41) is 12.5. The average molecular weight is 270 g/mol. The zero-order valence-electron chi connectivity index (χ0n) is 12.3. The molecular weight excluding hydrogens is 248 g/mol. The van der Waals surface area contributed by atoms with Gasteiger partial charge in [0.15, 0.2) is 0 Å². The van der Waals surface area contributed by atoms with E-state index >= 15 is 0 Å². The minimum absolute atomic E-state index is 0.129. The molecule has 20 heavy (non-hydrogen) atoms. The highest BCUT2D eigenvalue weighted by atomic mass is 16.2. The van der Waals surface area contributed by atoms with Crippen LogP contribution >= 0.6 is 0 Å². The first-order chi connectivity index (χ1) is 9.57. The van der Waals surface area contributed by atoms with E-state index in [0.717, 1.165) is 42.5 Å². The van der Waals surface area contributed by atoms with Gasteiger partial charge in [-0.3, -0.25) is 4.79 Å². The molecule has 2 rings (SSSR count). The summed E-state index contributed by atoms with van der Waals surface area (Å²) < 4.78 is 0. The first kappa shape index (κ1) is 14.6. The molecule has 3 nitrogen and oxygen atoms in total. The lowest BCUT2D eigenvalue weighted by atomic mass is 9.81. The summed E-state index contributed by atoms with van der Waals surface area (Å²) in [5.41, 5.74) is 2.13. The van der Waals surface area contributed by atoms with E-state index in [1.807, 2.05) is 32.0 Å². The first-order valence-electron chi connectivity index (χ1n) is 7.37. The Bertz CT molecular complexity index is 534. The van der Waals surface area contributed by atoms with Crippen molar-refractivity contribution in [2.75, 3.05) is 5.32 Å². The lowest BCUT2D eigenvalue weighted by Gasteiger charge is -2.24. The van der Waals surface area contributed by atoms with Gasteiger partial charge >= 0.3 is 0 Å². The second-order valence-corrected chi connectivity index (χ2v) is 5.88. The molecule has 0 aromatic heterocycles. The number of rotatable bonds is 2. The van der Waals surface area contributed by atoms with E-state index in [4.69, 9.17) is 0 Å². The fraction of sp³-hybridized carbons (Fsp3) is 0.529. The van der Waals surface area contributed by atoms with E-state index in [2.05, 4.69) is 11.4 Å². The number of aryl methyl sites for hydroxylation is 2. The van der Waals surface area contributed by atoms with E-state index in [0.29, 0.717) is 12.8 Å².